The molecule has 3 aromatic heterocycles. The predicted octanol–water partition coefficient (Wildman–Crippen LogP) is 3.20. The normalized spacial score (nSPS) is 20.2. The van der Waals surface area contributed by atoms with E-state index in [-0.39, 0.29) is 0 Å². The Balaban J connectivity index is 1.51. The molecule has 0 aliphatic heterocycles. The Morgan fingerprint density at radius 1 is 1.38 bits per heavy atom. The van der Waals surface area contributed by atoms with E-state index in [1.807, 2.05) is 24.2 Å². The van der Waals surface area contributed by atoms with Crippen LogP contribution in [0.15, 0.2) is 29.3 Å². The van der Waals surface area contributed by atoms with Crippen LogP contribution in [0.25, 0.3) is 22.5 Å². The Morgan fingerprint density at radius 2 is 2.29 bits per heavy atom. The van der Waals surface area contributed by atoms with Crippen LogP contribution in [0.2, 0.25) is 0 Å². The van der Waals surface area contributed by atoms with Gasteiger partial charge in [-0.25, -0.2) is 4.98 Å². The molecular weight excluding hydrogens is 324 g/mol. The number of aromatic amines is 1. The number of nitrogens with zero attached hydrogens (tertiary/aromatic N) is 3. The average molecular weight is 344 g/mol. The van der Waals surface area contributed by atoms with Crippen LogP contribution in [0.3, 0.4) is 0 Å². The molecule has 126 valence electrons. The summed E-state index contributed by atoms with van der Waals surface area (Å²) in [5.74, 6) is 1.64. The first kappa shape index (κ1) is 15.5. The number of hydrogen-bond donors (Lipinski definition) is 3. The number of H-pyrrole nitrogens is 1. The quantitative estimate of drug-likeness (QED) is 0.448. The second kappa shape index (κ2) is 6.82. The molecule has 0 amide bonds. The van der Waals surface area contributed by atoms with Crippen LogP contribution in [0.1, 0.15) is 26.2 Å². The summed E-state index contributed by atoms with van der Waals surface area (Å²) >= 11 is 1.82. The molecular formula is C16H20N6OS. The Bertz CT molecular complexity index is 796. The van der Waals surface area contributed by atoms with E-state index in [0.29, 0.717) is 18.0 Å². The van der Waals surface area contributed by atoms with Gasteiger partial charge in [0, 0.05) is 35.6 Å². The molecule has 0 atom stereocenters. The van der Waals surface area contributed by atoms with Gasteiger partial charge in [-0.05, 0) is 25.3 Å². The standard InChI is InChI=1S/C16H20N6OS/c1-2-5-24-22-11-6-10(7-11)20-14-12-3-4-17-15(12)18-8-13(14)16-21-19-9-23-16/h3-4,8-11,22H,2,5-7H2,1H3,(H2,17,18,20)/t10-,11+. The van der Waals surface area contributed by atoms with Crippen molar-refractivity contribution in [3.05, 3.63) is 24.9 Å². The summed E-state index contributed by atoms with van der Waals surface area (Å²) in [7, 11) is 0. The third-order valence-corrected chi connectivity index (χ3v) is 5.33. The molecule has 1 aliphatic carbocycles. The van der Waals surface area contributed by atoms with Gasteiger partial charge in [-0.3, -0.25) is 4.72 Å². The Morgan fingerprint density at radius 3 is 3.08 bits per heavy atom. The van der Waals surface area contributed by atoms with Gasteiger partial charge < -0.3 is 14.7 Å². The molecule has 3 heterocycles. The van der Waals surface area contributed by atoms with Crippen molar-refractivity contribution in [1.82, 2.24) is 24.9 Å². The molecule has 0 aromatic carbocycles. The summed E-state index contributed by atoms with van der Waals surface area (Å²) in [6, 6.07) is 3.04. The van der Waals surface area contributed by atoms with Crippen molar-refractivity contribution in [3.63, 3.8) is 0 Å². The molecule has 7 nitrogen and oxygen atoms in total. The summed E-state index contributed by atoms with van der Waals surface area (Å²) in [6.07, 6.45) is 8.42. The van der Waals surface area contributed by atoms with Crippen molar-refractivity contribution < 1.29 is 4.42 Å². The maximum absolute atomic E-state index is 5.38. The largest absolute Gasteiger partial charge is 0.423 e. The van der Waals surface area contributed by atoms with Crippen LogP contribution in [0.5, 0.6) is 0 Å². The van der Waals surface area contributed by atoms with E-state index in [1.54, 1.807) is 6.20 Å². The summed E-state index contributed by atoms with van der Waals surface area (Å²) in [5.41, 5.74) is 2.71. The van der Waals surface area contributed by atoms with E-state index < -0.39 is 0 Å². The van der Waals surface area contributed by atoms with Gasteiger partial charge in [0.15, 0.2) is 0 Å². The minimum atomic E-state index is 0.437. The number of hydrogen-bond acceptors (Lipinski definition) is 7. The number of nitrogens with one attached hydrogen (secondary N) is 3. The molecule has 3 N–H and O–H groups in total. The summed E-state index contributed by atoms with van der Waals surface area (Å²) in [5, 5.41) is 12.5. The zero-order valence-electron chi connectivity index (χ0n) is 13.5. The van der Waals surface area contributed by atoms with Crippen LogP contribution in [0, 0.1) is 0 Å². The van der Waals surface area contributed by atoms with Crippen LogP contribution < -0.4 is 10.0 Å². The van der Waals surface area contributed by atoms with Crippen LogP contribution in [0.4, 0.5) is 5.69 Å². The average Bonchev–Trinajstić information content (AvgIpc) is 3.23. The highest BCUT2D eigenvalue weighted by molar-refractivity contribution is 7.97. The lowest BCUT2D eigenvalue weighted by Crippen LogP contribution is -2.45. The molecule has 4 rings (SSSR count). The molecule has 8 heteroatoms. The Kier molecular flexibility index (Phi) is 4.40. The molecule has 0 saturated heterocycles. The molecule has 0 radical (unpaired) electrons. The van der Waals surface area contributed by atoms with Crippen molar-refractivity contribution in [3.8, 4) is 11.5 Å². The van der Waals surface area contributed by atoms with E-state index in [4.69, 9.17) is 4.42 Å². The number of pyridine rings is 1. The minimum Gasteiger partial charge on any atom is -0.423 e. The molecule has 1 aliphatic rings. The maximum atomic E-state index is 5.38. The van der Waals surface area contributed by atoms with E-state index in [9.17, 15) is 0 Å². The zero-order valence-corrected chi connectivity index (χ0v) is 14.3. The molecule has 24 heavy (non-hydrogen) atoms. The predicted molar refractivity (Wildman–Crippen MR) is 95.7 cm³/mol. The second-order valence-corrected chi connectivity index (χ2v) is 6.94. The van der Waals surface area contributed by atoms with Crippen molar-refractivity contribution in [2.24, 2.45) is 0 Å². The van der Waals surface area contributed by atoms with E-state index in [0.717, 1.165) is 40.9 Å². The number of anilines is 1. The van der Waals surface area contributed by atoms with Crippen LogP contribution >= 0.6 is 11.9 Å². The van der Waals surface area contributed by atoms with E-state index in [1.165, 1.54) is 12.8 Å². The number of fused-ring (bicyclic) bond motifs is 1. The highest BCUT2D eigenvalue weighted by Gasteiger charge is 2.30. The lowest BCUT2D eigenvalue weighted by atomic mass is 9.87. The monoisotopic (exact) mass is 344 g/mol. The summed E-state index contributed by atoms with van der Waals surface area (Å²) in [6.45, 7) is 2.20. The number of rotatable bonds is 7. The van der Waals surface area contributed by atoms with Crippen LogP contribution in [-0.4, -0.2) is 38.0 Å². The van der Waals surface area contributed by atoms with Gasteiger partial charge in [-0.1, -0.05) is 18.9 Å². The van der Waals surface area contributed by atoms with Gasteiger partial charge in [-0.15, -0.1) is 10.2 Å². The molecule has 1 fully saturated rings. The van der Waals surface area contributed by atoms with E-state index in [2.05, 4.69) is 37.1 Å². The summed E-state index contributed by atoms with van der Waals surface area (Å²) in [4.78, 5) is 7.59. The fourth-order valence-corrected chi connectivity index (χ4v) is 3.68. The Hall–Kier alpha value is -2.06. The molecule has 0 spiro atoms. The van der Waals surface area contributed by atoms with E-state index >= 15 is 0 Å². The third-order valence-electron chi connectivity index (χ3n) is 4.22. The van der Waals surface area contributed by atoms with Crippen molar-refractivity contribution >= 4 is 28.7 Å². The third kappa shape index (κ3) is 2.99. The first-order chi connectivity index (χ1) is 11.8. The van der Waals surface area contributed by atoms with Crippen molar-refractivity contribution in [2.75, 3.05) is 11.1 Å². The SMILES string of the molecule is CCCSN[C@H]1C[C@@H](Nc2c(-c3nnco3)cnc3[nH]ccc23)C1. The first-order valence-corrected chi connectivity index (χ1v) is 9.20. The maximum Gasteiger partial charge on any atom is 0.251 e. The van der Waals surface area contributed by atoms with Gasteiger partial charge in [0.05, 0.1) is 11.3 Å². The molecule has 0 bridgehead atoms. The minimum absolute atomic E-state index is 0.437. The fraction of sp³-hybridized carbons (Fsp3) is 0.438. The summed E-state index contributed by atoms with van der Waals surface area (Å²) < 4.78 is 8.90. The Labute approximate surface area is 144 Å². The molecule has 0 unspecified atom stereocenters. The zero-order chi connectivity index (χ0) is 16.4. The topological polar surface area (TPSA) is 91.7 Å². The second-order valence-electron chi connectivity index (χ2n) is 6.01. The van der Waals surface area contributed by atoms with Crippen molar-refractivity contribution in [1.29, 1.82) is 0 Å². The van der Waals surface area contributed by atoms with Gasteiger partial charge in [0.1, 0.15) is 5.65 Å². The van der Waals surface area contributed by atoms with Gasteiger partial charge in [-0.2, -0.15) is 0 Å². The molecule has 1 saturated carbocycles. The van der Waals surface area contributed by atoms with Crippen molar-refractivity contribution in [2.45, 2.75) is 38.3 Å². The lowest BCUT2D eigenvalue weighted by Gasteiger charge is -2.37. The lowest BCUT2D eigenvalue weighted by molar-refractivity contribution is 0.355. The highest BCUT2D eigenvalue weighted by atomic mass is 32.2. The highest BCUT2D eigenvalue weighted by Crippen LogP contribution is 2.35. The first-order valence-electron chi connectivity index (χ1n) is 8.21. The fourth-order valence-electron chi connectivity index (χ4n) is 2.93. The smallest absolute Gasteiger partial charge is 0.251 e. The number of aromatic nitrogens is 4. The molecule has 3 aromatic rings. The van der Waals surface area contributed by atoms with Gasteiger partial charge in [0.25, 0.3) is 5.89 Å². The van der Waals surface area contributed by atoms with Gasteiger partial charge >= 0.3 is 0 Å². The van der Waals surface area contributed by atoms with Crippen LogP contribution in [-0.2, 0) is 0 Å². The van der Waals surface area contributed by atoms with Gasteiger partial charge in [0.2, 0.25) is 6.39 Å².